The van der Waals surface area contributed by atoms with Gasteiger partial charge in [-0.15, -0.1) is 0 Å². The molecule has 0 N–H and O–H groups in total. The second-order valence-electron chi connectivity index (χ2n) is 6.25. The summed E-state index contributed by atoms with van der Waals surface area (Å²) in [6, 6.07) is 13.6. The lowest BCUT2D eigenvalue weighted by Gasteiger charge is -2.27. The first-order valence-electron chi connectivity index (χ1n) is 7.98. The number of ether oxygens (including phenoxy) is 1. The van der Waals surface area contributed by atoms with Crippen LogP contribution in [0, 0.1) is 23.0 Å². The molecule has 0 aromatic heterocycles. The number of carbonyl (C=O) groups is 1. The first kappa shape index (κ1) is 15.6. The quantitative estimate of drug-likeness (QED) is 0.485. The molecule has 4 rings (SSSR count). The van der Waals surface area contributed by atoms with E-state index in [-0.39, 0.29) is 30.4 Å². The van der Waals surface area contributed by atoms with Gasteiger partial charge in [0.25, 0.3) is 5.69 Å². The molecule has 2 aromatic rings. The molecule has 2 aromatic carbocycles. The van der Waals surface area contributed by atoms with Crippen molar-refractivity contribution in [2.24, 2.45) is 5.92 Å². The van der Waals surface area contributed by atoms with Gasteiger partial charge in [-0.25, -0.2) is 5.06 Å². The maximum absolute atomic E-state index is 12.2. The van der Waals surface area contributed by atoms with Gasteiger partial charge >= 0.3 is 5.97 Å². The monoisotopic (exact) mass is 340 g/mol. The molecule has 3 atom stereocenters. The number of carbonyl (C=O) groups excluding carboxylic acids is 1. The van der Waals surface area contributed by atoms with Crippen LogP contribution in [-0.4, -0.2) is 23.6 Å². The van der Waals surface area contributed by atoms with Gasteiger partial charge in [-0.05, 0) is 24.6 Å². The number of hydroxylamine groups is 1. The molecule has 2 aliphatic heterocycles. The summed E-state index contributed by atoms with van der Waals surface area (Å²) < 4.78 is 5.14. The third-order valence-electron chi connectivity index (χ3n) is 4.64. The summed E-state index contributed by atoms with van der Waals surface area (Å²) in [5.41, 5.74) is 2.73. The average molecular weight is 340 g/mol. The molecule has 0 spiro atoms. The second-order valence-corrected chi connectivity index (χ2v) is 6.25. The Morgan fingerprint density at radius 2 is 1.80 bits per heavy atom. The lowest BCUT2D eigenvalue weighted by Crippen LogP contribution is -2.27. The molecule has 7 heteroatoms. The number of hydrogen-bond acceptors (Lipinski definition) is 6. The largest absolute Gasteiger partial charge is 0.462 e. The number of nitro benzene ring substituents is 1. The van der Waals surface area contributed by atoms with E-state index in [4.69, 9.17) is 9.57 Å². The number of benzene rings is 2. The van der Waals surface area contributed by atoms with Crippen molar-refractivity contribution in [1.82, 2.24) is 0 Å². The number of aryl methyl sites for hydroxylation is 1. The van der Waals surface area contributed by atoms with Gasteiger partial charge < -0.3 is 4.74 Å². The third-order valence-corrected chi connectivity index (χ3v) is 4.64. The van der Waals surface area contributed by atoms with Crippen LogP contribution in [0.2, 0.25) is 0 Å². The van der Waals surface area contributed by atoms with E-state index in [9.17, 15) is 14.9 Å². The van der Waals surface area contributed by atoms with Crippen molar-refractivity contribution in [3.8, 4) is 0 Å². The number of fused-ring (bicyclic) bond motifs is 1. The zero-order chi connectivity index (χ0) is 17.6. The predicted octanol–water partition coefficient (Wildman–Crippen LogP) is 2.94. The maximum Gasteiger partial charge on any atom is 0.314 e. The molecule has 0 amide bonds. The molecular weight excluding hydrogens is 324 g/mol. The van der Waals surface area contributed by atoms with Crippen molar-refractivity contribution >= 4 is 17.3 Å². The summed E-state index contributed by atoms with van der Waals surface area (Å²) >= 11 is 0. The molecule has 2 aliphatic rings. The molecule has 2 saturated heterocycles. The Hall–Kier alpha value is -2.93. The summed E-state index contributed by atoms with van der Waals surface area (Å²) in [5.74, 6) is -0.759. The van der Waals surface area contributed by atoms with Gasteiger partial charge in [0.2, 0.25) is 0 Å². The number of esters is 1. The van der Waals surface area contributed by atoms with Gasteiger partial charge in [-0.1, -0.05) is 29.8 Å². The van der Waals surface area contributed by atoms with Crippen LogP contribution in [0.4, 0.5) is 11.4 Å². The van der Waals surface area contributed by atoms with E-state index < -0.39 is 10.8 Å². The lowest BCUT2D eigenvalue weighted by molar-refractivity contribution is -0.384. The number of cyclic esters (lactones) is 1. The number of nitro groups is 1. The Labute approximate surface area is 143 Å². The fraction of sp³-hybridized carbons (Fsp3) is 0.278. The Bertz CT molecular complexity index is 818. The van der Waals surface area contributed by atoms with E-state index in [0.29, 0.717) is 0 Å². The van der Waals surface area contributed by atoms with Crippen molar-refractivity contribution in [3.05, 3.63) is 69.8 Å². The zero-order valence-corrected chi connectivity index (χ0v) is 13.5. The van der Waals surface area contributed by atoms with Gasteiger partial charge in [0.15, 0.2) is 0 Å². The summed E-state index contributed by atoms with van der Waals surface area (Å²) in [5, 5.41) is 12.6. The van der Waals surface area contributed by atoms with E-state index in [1.165, 1.54) is 12.1 Å². The van der Waals surface area contributed by atoms with Crippen molar-refractivity contribution < 1.29 is 19.3 Å². The van der Waals surface area contributed by atoms with Crippen molar-refractivity contribution in [2.75, 3.05) is 11.7 Å². The number of nitrogens with zero attached hydrogens (tertiary/aromatic N) is 2. The van der Waals surface area contributed by atoms with E-state index in [1.54, 1.807) is 17.2 Å². The van der Waals surface area contributed by atoms with Crippen LogP contribution in [0.15, 0.2) is 48.5 Å². The highest BCUT2D eigenvalue weighted by atomic mass is 16.7. The summed E-state index contributed by atoms with van der Waals surface area (Å²) in [6.45, 7) is 2.21. The summed E-state index contributed by atoms with van der Waals surface area (Å²) in [4.78, 5) is 28.6. The number of hydrogen-bond donors (Lipinski definition) is 0. The molecule has 2 heterocycles. The summed E-state index contributed by atoms with van der Waals surface area (Å²) in [7, 11) is 0. The standard InChI is InChI=1S/C18H16N2O5/c1-11-2-6-13(7-3-11)19-17(16-15(25-19)10-24-18(16)21)12-4-8-14(9-5-12)20(22)23/h2-9,15-17H,10H2,1H3. The van der Waals surface area contributed by atoms with Crippen molar-refractivity contribution in [2.45, 2.75) is 19.1 Å². The van der Waals surface area contributed by atoms with E-state index in [1.807, 2.05) is 31.2 Å². The van der Waals surface area contributed by atoms with Crippen LogP contribution < -0.4 is 5.06 Å². The molecule has 25 heavy (non-hydrogen) atoms. The molecule has 0 radical (unpaired) electrons. The molecule has 128 valence electrons. The van der Waals surface area contributed by atoms with Crippen LogP contribution in [0.25, 0.3) is 0 Å². The normalized spacial score (nSPS) is 24.9. The fourth-order valence-corrected chi connectivity index (χ4v) is 3.35. The Kier molecular flexibility index (Phi) is 3.65. The molecule has 0 aliphatic carbocycles. The van der Waals surface area contributed by atoms with Crippen molar-refractivity contribution in [3.63, 3.8) is 0 Å². The average Bonchev–Trinajstić information content (AvgIpc) is 3.16. The highest BCUT2D eigenvalue weighted by Gasteiger charge is 2.53. The number of anilines is 1. The third kappa shape index (κ3) is 2.62. The molecule has 2 fully saturated rings. The predicted molar refractivity (Wildman–Crippen MR) is 88.8 cm³/mol. The Morgan fingerprint density at radius 3 is 2.44 bits per heavy atom. The summed E-state index contributed by atoms with van der Waals surface area (Å²) in [6.07, 6.45) is -0.353. The molecule has 0 saturated carbocycles. The molecule has 3 unspecified atom stereocenters. The highest BCUT2D eigenvalue weighted by Crippen LogP contribution is 2.45. The Morgan fingerprint density at radius 1 is 1.12 bits per heavy atom. The minimum absolute atomic E-state index is 0.00935. The van der Waals surface area contributed by atoms with Gasteiger partial charge in [-0.2, -0.15) is 0 Å². The van der Waals surface area contributed by atoms with E-state index >= 15 is 0 Å². The molecule has 7 nitrogen and oxygen atoms in total. The highest BCUT2D eigenvalue weighted by molar-refractivity contribution is 5.78. The number of rotatable bonds is 3. The minimum atomic E-state index is -0.456. The smallest absolute Gasteiger partial charge is 0.314 e. The van der Waals surface area contributed by atoms with Crippen LogP contribution in [-0.2, 0) is 14.4 Å². The molecule has 0 bridgehead atoms. The lowest BCUT2D eigenvalue weighted by atomic mass is 9.91. The van der Waals surface area contributed by atoms with Crippen LogP contribution in [0.5, 0.6) is 0 Å². The Balaban J connectivity index is 1.74. The van der Waals surface area contributed by atoms with Crippen LogP contribution >= 0.6 is 0 Å². The first-order valence-corrected chi connectivity index (χ1v) is 7.98. The molecular formula is C18H16N2O5. The SMILES string of the molecule is Cc1ccc(N2OC3COC(=O)C3C2c2ccc([N+](=O)[O-])cc2)cc1. The zero-order valence-electron chi connectivity index (χ0n) is 13.5. The first-order chi connectivity index (χ1) is 12.0. The van der Waals surface area contributed by atoms with Crippen LogP contribution in [0.3, 0.4) is 0 Å². The van der Waals surface area contributed by atoms with Gasteiger partial charge in [0, 0.05) is 12.1 Å². The fourth-order valence-electron chi connectivity index (χ4n) is 3.35. The van der Waals surface area contributed by atoms with Gasteiger partial charge in [0.05, 0.1) is 16.7 Å². The van der Waals surface area contributed by atoms with Crippen LogP contribution in [0.1, 0.15) is 17.2 Å². The van der Waals surface area contributed by atoms with E-state index in [0.717, 1.165) is 16.8 Å². The topological polar surface area (TPSA) is 81.9 Å². The van der Waals surface area contributed by atoms with E-state index in [2.05, 4.69) is 0 Å². The maximum atomic E-state index is 12.2. The number of non-ortho nitro benzene ring substituents is 1. The van der Waals surface area contributed by atoms with Gasteiger partial charge in [0.1, 0.15) is 18.6 Å². The second kappa shape index (κ2) is 5.86. The minimum Gasteiger partial charge on any atom is -0.462 e. The van der Waals surface area contributed by atoms with Gasteiger partial charge in [-0.3, -0.25) is 19.7 Å². The van der Waals surface area contributed by atoms with Crippen molar-refractivity contribution in [1.29, 1.82) is 0 Å².